The summed E-state index contributed by atoms with van der Waals surface area (Å²) in [5.74, 6) is 0.881. The number of hydrogen-bond acceptors (Lipinski definition) is 3. The molecule has 1 aromatic carbocycles. The first-order valence-corrected chi connectivity index (χ1v) is 10.3. The van der Waals surface area contributed by atoms with Crippen LogP contribution in [0.3, 0.4) is 0 Å². The van der Waals surface area contributed by atoms with Crippen LogP contribution >= 0.6 is 0 Å². The second-order valence-electron chi connectivity index (χ2n) is 7.81. The van der Waals surface area contributed by atoms with Crippen molar-refractivity contribution in [2.75, 3.05) is 13.1 Å². The Hall–Kier alpha value is -2.69. The van der Waals surface area contributed by atoms with Gasteiger partial charge in [-0.2, -0.15) is 5.10 Å². The molecular weight excluding hydrogens is 350 g/mol. The van der Waals surface area contributed by atoms with Crippen LogP contribution in [0.1, 0.15) is 44.1 Å². The van der Waals surface area contributed by atoms with Crippen LogP contribution < -0.4 is 0 Å². The van der Waals surface area contributed by atoms with Crippen LogP contribution in [0.2, 0.25) is 0 Å². The van der Waals surface area contributed by atoms with Gasteiger partial charge in [-0.05, 0) is 48.8 Å². The second kappa shape index (κ2) is 8.55. The first kappa shape index (κ1) is 18.7. The standard InChI is InChI=1S/C23H27N3O2/c27-22-8-7-20(19-5-2-1-3-6-19)21(22)17-23(28)25-14-9-18(10-15-25)11-16-26-13-4-12-24-26/h1-6,12-13,18H,7-11,14-17H2. The summed E-state index contributed by atoms with van der Waals surface area (Å²) < 4.78 is 1.97. The molecule has 1 aromatic heterocycles. The van der Waals surface area contributed by atoms with Crippen molar-refractivity contribution in [3.8, 4) is 0 Å². The van der Waals surface area contributed by atoms with Crippen molar-refractivity contribution in [3.05, 3.63) is 59.9 Å². The third-order valence-corrected chi connectivity index (χ3v) is 6.05. The van der Waals surface area contributed by atoms with Gasteiger partial charge >= 0.3 is 0 Å². The lowest BCUT2D eigenvalue weighted by atomic mass is 9.93. The molecule has 0 atom stereocenters. The largest absolute Gasteiger partial charge is 0.342 e. The van der Waals surface area contributed by atoms with E-state index in [1.165, 1.54) is 0 Å². The van der Waals surface area contributed by atoms with E-state index in [4.69, 9.17) is 0 Å². The molecule has 1 fully saturated rings. The number of hydrogen-bond donors (Lipinski definition) is 0. The summed E-state index contributed by atoms with van der Waals surface area (Å²) in [6.07, 6.45) is 8.51. The number of amides is 1. The number of aromatic nitrogens is 2. The smallest absolute Gasteiger partial charge is 0.227 e. The molecule has 0 unspecified atom stereocenters. The van der Waals surface area contributed by atoms with Crippen LogP contribution in [0, 0.1) is 5.92 Å². The lowest BCUT2D eigenvalue weighted by Crippen LogP contribution is -2.39. The molecule has 1 aliphatic heterocycles. The molecule has 0 spiro atoms. The molecule has 2 heterocycles. The van der Waals surface area contributed by atoms with E-state index in [0.717, 1.165) is 62.0 Å². The highest BCUT2D eigenvalue weighted by Crippen LogP contribution is 2.34. The van der Waals surface area contributed by atoms with E-state index in [0.29, 0.717) is 12.3 Å². The average Bonchev–Trinajstić information content (AvgIpc) is 3.38. The fourth-order valence-corrected chi connectivity index (χ4v) is 4.35. The molecule has 2 aliphatic rings. The van der Waals surface area contributed by atoms with E-state index in [-0.39, 0.29) is 18.1 Å². The minimum absolute atomic E-state index is 0.101. The van der Waals surface area contributed by atoms with Crippen LogP contribution in [0.15, 0.2) is 54.4 Å². The van der Waals surface area contributed by atoms with Crippen molar-refractivity contribution < 1.29 is 9.59 Å². The Kier molecular flexibility index (Phi) is 5.70. The number of aryl methyl sites for hydroxylation is 1. The SMILES string of the molecule is O=C1CCC(c2ccccc2)=C1CC(=O)N1CCC(CCn2cccn2)CC1. The summed E-state index contributed by atoms with van der Waals surface area (Å²) in [5.41, 5.74) is 2.87. The van der Waals surface area contributed by atoms with Gasteiger partial charge in [0.2, 0.25) is 5.91 Å². The molecule has 0 saturated carbocycles. The summed E-state index contributed by atoms with van der Waals surface area (Å²) >= 11 is 0. The van der Waals surface area contributed by atoms with E-state index in [1.54, 1.807) is 0 Å². The molecular formula is C23H27N3O2. The quantitative estimate of drug-likeness (QED) is 0.771. The predicted molar refractivity (Wildman–Crippen MR) is 108 cm³/mol. The number of likely N-dealkylation sites (tertiary alicyclic amines) is 1. The van der Waals surface area contributed by atoms with Gasteiger partial charge in [-0.25, -0.2) is 0 Å². The maximum Gasteiger partial charge on any atom is 0.227 e. The number of carbonyl (C=O) groups is 2. The summed E-state index contributed by atoms with van der Waals surface area (Å²) in [5, 5.41) is 4.26. The molecule has 2 aromatic rings. The van der Waals surface area contributed by atoms with E-state index >= 15 is 0 Å². The molecule has 1 aliphatic carbocycles. The Bertz CT molecular complexity index is 847. The lowest BCUT2D eigenvalue weighted by molar-refractivity contribution is -0.132. The lowest BCUT2D eigenvalue weighted by Gasteiger charge is -2.32. The second-order valence-corrected chi connectivity index (χ2v) is 7.81. The molecule has 1 saturated heterocycles. The molecule has 146 valence electrons. The molecule has 0 radical (unpaired) electrons. The number of Topliss-reactive ketones (excluding diaryl/α,β-unsaturated/α-hetero) is 1. The molecule has 28 heavy (non-hydrogen) atoms. The molecule has 5 nitrogen and oxygen atoms in total. The summed E-state index contributed by atoms with van der Waals surface area (Å²) in [6, 6.07) is 12.0. The first-order valence-electron chi connectivity index (χ1n) is 10.3. The van der Waals surface area contributed by atoms with Gasteiger partial charge in [-0.3, -0.25) is 14.3 Å². The third kappa shape index (κ3) is 4.24. The van der Waals surface area contributed by atoms with Gasteiger partial charge < -0.3 is 4.90 Å². The molecule has 5 heteroatoms. The average molecular weight is 377 g/mol. The normalized spacial score (nSPS) is 18.1. The monoisotopic (exact) mass is 377 g/mol. The van der Waals surface area contributed by atoms with Crippen molar-refractivity contribution in [1.82, 2.24) is 14.7 Å². The summed E-state index contributed by atoms with van der Waals surface area (Å²) in [6.45, 7) is 2.53. The summed E-state index contributed by atoms with van der Waals surface area (Å²) in [7, 11) is 0. The van der Waals surface area contributed by atoms with E-state index in [2.05, 4.69) is 5.10 Å². The van der Waals surface area contributed by atoms with Crippen LogP contribution in [0.5, 0.6) is 0 Å². The molecule has 4 rings (SSSR count). The minimum Gasteiger partial charge on any atom is -0.342 e. The van der Waals surface area contributed by atoms with Gasteiger partial charge in [0.1, 0.15) is 0 Å². The maximum atomic E-state index is 12.9. The first-order chi connectivity index (χ1) is 13.7. The zero-order valence-electron chi connectivity index (χ0n) is 16.2. The number of allylic oxidation sites excluding steroid dienone is 1. The highest BCUT2D eigenvalue weighted by atomic mass is 16.2. The number of rotatable bonds is 6. The number of benzene rings is 1. The minimum atomic E-state index is 0.101. The summed E-state index contributed by atoms with van der Waals surface area (Å²) in [4.78, 5) is 27.2. The predicted octanol–water partition coefficient (Wildman–Crippen LogP) is 3.72. The van der Waals surface area contributed by atoms with E-state index in [1.807, 2.05) is 58.4 Å². The van der Waals surface area contributed by atoms with E-state index in [9.17, 15) is 9.59 Å². The van der Waals surface area contributed by atoms with Gasteiger partial charge in [0, 0.05) is 44.0 Å². The Balaban J connectivity index is 1.33. The topological polar surface area (TPSA) is 55.2 Å². The van der Waals surface area contributed by atoms with Gasteiger partial charge in [0.05, 0.1) is 6.42 Å². The Morgan fingerprint density at radius 2 is 1.86 bits per heavy atom. The van der Waals surface area contributed by atoms with Crippen molar-refractivity contribution in [2.45, 2.75) is 45.1 Å². The van der Waals surface area contributed by atoms with Crippen LogP contribution in [-0.2, 0) is 16.1 Å². The highest BCUT2D eigenvalue weighted by molar-refractivity contribution is 6.10. The fourth-order valence-electron chi connectivity index (χ4n) is 4.35. The van der Waals surface area contributed by atoms with Gasteiger partial charge in [0.15, 0.2) is 5.78 Å². The van der Waals surface area contributed by atoms with Gasteiger partial charge in [0.25, 0.3) is 0 Å². The number of carbonyl (C=O) groups excluding carboxylic acids is 2. The van der Waals surface area contributed by atoms with Gasteiger partial charge in [-0.1, -0.05) is 30.3 Å². The zero-order chi connectivity index (χ0) is 19.3. The zero-order valence-corrected chi connectivity index (χ0v) is 16.2. The van der Waals surface area contributed by atoms with Crippen molar-refractivity contribution >= 4 is 17.3 Å². The van der Waals surface area contributed by atoms with Crippen LogP contribution in [0.25, 0.3) is 5.57 Å². The number of ketones is 1. The number of piperidine rings is 1. The maximum absolute atomic E-state index is 12.9. The molecule has 0 N–H and O–H groups in total. The molecule has 0 bridgehead atoms. The molecule has 1 amide bonds. The Morgan fingerprint density at radius 1 is 1.07 bits per heavy atom. The van der Waals surface area contributed by atoms with Crippen molar-refractivity contribution in [2.24, 2.45) is 5.92 Å². The van der Waals surface area contributed by atoms with Gasteiger partial charge in [-0.15, -0.1) is 0 Å². The van der Waals surface area contributed by atoms with Crippen molar-refractivity contribution in [1.29, 1.82) is 0 Å². The third-order valence-electron chi connectivity index (χ3n) is 6.05. The van der Waals surface area contributed by atoms with Crippen LogP contribution in [0.4, 0.5) is 0 Å². The van der Waals surface area contributed by atoms with Crippen LogP contribution in [-0.4, -0.2) is 39.5 Å². The van der Waals surface area contributed by atoms with E-state index < -0.39 is 0 Å². The van der Waals surface area contributed by atoms with Crippen molar-refractivity contribution in [3.63, 3.8) is 0 Å². The Morgan fingerprint density at radius 3 is 2.57 bits per heavy atom. The Labute approximate surface area is 166 Å². The highest BCUT2D eigenvalue weighted by Gasteiger charge is 2.29. The fraction of sp³-hybridized carbons (Fsp3) is 0.435. The number of nitrogens with zero attached hydrogens (tertiary/aromatic N) is 3.